The average molecular weight is 418 g/mol. The smallest absolute Gasteiger partial charge is 0.246 e. The monoisotopic (exact) mass is 417 g/mol. The Morgan fingerprint density at radius 3 is 2.93 bits per heavy atom. The molecule has 0 aromatic heterocycles. The molecule has 0 bridgehead atoms. The van der Waals surface area contributed by atoms with Crippen LogP contribution >= 0.6 is 11.6 Å². The molecule has 1 amide bonds. The van der Waals surface area contributed by atoms with Crippen molar-refractivity contribution >= 4 is 17.5 Å². The summed E-state index contributed by atoms with van der Waals surface area (Å²) in [6.45, 7) is 5.42. The number of allylic oxidation sites excluding steroid dienone is 2. The fourth-order valence-corrected chi connectivity index (χ4v) is 4.80. The van der Waals surface area contributed by atoms with Gasteiger partial charge in [0.2, 0.25) is 5.91 Å². The number of amides is 1. The SMILES string of the molecule is CC1(CC2CCN(CC3COc4cccc(Cl)c4O3)CC2)NC=CC=C1C(N)=O. The summed E-state index contributed by atoms with van der Waals surface area (Å²) < 4.78 is 11.9. The second-order valence-electron chi connectivity index (χ2n) is 8.35. The Morgan fingerprint density at radius 2 is 2.17 bits per heavy atom. The van der Waals surface area contributed by atoms with E-state index < -0.39 is 5.54 Å². The summed E-state index contributed by atoms with van der Waals surface area (Å²) in [5, 5.41) is 3.94. The lowest BCUT2D eigenvalue weighted by Gasteiger charge is -2.40. The van der Waals surface area contributed by atoms with Gasteiger partial charge in [0.25, 0.3) is 0 Å². The topological polar surface area (TPSA) is 76.8 Å². The fourth-order valence-electron chi connectivity index (χ4n) is 4.59. The number of fused-ring (bicyclic) bond motifs is 1. The van der Waals surface area contributed by atoms with Gasteiger partial charge in [-0.1, -0.05) is 17.7 Å². The predicted octanol–water partition coefficient (Wildman–Crippen LogP) is 2.87. The van der Waals surface area contributed by atoms with E-state index in [0.717, 1.165) is 38.9 Å². The lowest BCUT2D eigenvalue weighted by atomic mass is 9.78. The predicted molar refractivity (Wildman–Crippen MR) is 113 cm³/mol. The quantitative estimate of drug-likeness (QED) is 0.770. The third-order valence-electron chi connectivity index (χ3n) is 6.13. The summed E-state index contributed by atoms with van der Waals surface area (Å²) in [7, 11) is 0. The van der Waals surface area contributed by atoms with E-state index in [-0.39, 0.29) is 12.0 Å². The van der Waals surface area contributed by atoms with Crippen LogP contribution in [0.3, 0.4) is 0 Å². The number of hydrogen-bond acceptors (Lipinski definition) is 5. The molecule has 3 N–H and O–H groups in total. The second kappa shape index (κ2) is 8.28. The summed E-state index contributed by atoms with van der Waals surface area (Å²) in [6, 6.07) is 5.57. The number of nitrogens with zero attached hydrogens (tertiary/aromatic N) is 1. The first kappa shape index (κ1) is 20.1. The number of hydrogen-bond donors (Lipinski definition) is 2. The summed E-state index contributed by atoms with van der Waals surface area (Å²) in [4.78, 5) is 14.3. The van der Waals surface area contributed by atoms with Crippen molar-refractivity contribution in [1.29, 1.82) is 0 Å². The molecule has 3 aliphatic rings. The number of likely N-dealkylation sites (tertiary alicyclic amines) is 1. The van der Waals surface area contributed by atoms with Crippen LogP contribution in [0.15, 0.2) is 42.1 Å². The number of primary amides is 1. The second-order valence-corrected chi connectivity index (χ2v) is 8.75. The number of para-hydroxylation sites is 1. The molecule has 156 valence electrons. The number of carbonyl (C=O) groups excluding carboxylic acids is 1. The minimum absolute atomic E-state index is 0.0222. The van der Waals surface area contributed by atoms with Gasteiger partial charge >= 0.3 is 0 Å². The molecule has 1 saturated heterocycles. The van der Waals surface area contributed by atoms with E-state index in [9.17, 15) is 4.79 Å². The van der Waals surface area contributed by atoms with Crippen molar-refractivity contribution in [2.75, 3.05) is 26.2 Å². The zero-order valence-electron chi connectivity index (χ0n) is 16.7. The van der Waals surface area contributed by atoms with Crippen LogP contribution in [0.5, 0.6) is 11.5 Å². The van der Waals surface area contributed by atoms with E-state index in [1.165, 1.54) is 0 Å². The van der Waals surface area contributed by atoms with Gasteiger partial charge in [-0.15, -0.1) is 0 Å². The van der Waals surface area contributed by atoms with Gasteiger partial charge in [0, 0.05) is 12.1 Å². The van der Waals surface area contributed by atoms with E-state index >= 15 is 0 Å². The van der Waals surface area contributed by atoms with E-state index in [0.29, 0.717) is 34.6 Å². The first-order valence-corrected chi connectivity index (χ1v) is 10.6. The van der Waals surface area contributed by atoms with Crippen LogP contribution in [0.25, 0.3) is 0 Å². The van der Waals surface area contributed by atoms with Gasteiger partial charge in [-0.3, -0.25) is 9.69 Å². The van der Waals surface area contributed by atoms with Crippen molar-refractivity contribution in [3.05, 3.63) is 47.1 Å². The summed E-state index contributed by atoms with van der Waals surface area (Å²) in [6.07, 6.45) is 8.59. The Balaban J connectivity index is 1.29. The van der Waals surface area contributed by atoms with Crippen molar-refractivity contribution < 1.29 is 14.3 Å². The number of ether oxygens (including phenoxy) is 2. The Kier molecular flexibility index (Phi) is 5.74. The van der Waals surface area contributed by atoms with Crippen LogP contribution < -0.4 is 20.5 Å². The number of carbonyl (C=O) groups is 1. The number of rotatable bonds is 5. The van der Waals surface area contributed by atoms with Gasteiger partial charge in [0.1, 0.15) is 12.7 Å². The summed E-state index contributed by atoms with van der Waals surface area (Å²) in [5.74, 6) is 1.55. The first-order chi connectivity index (χ1) is 13.9. The van der Waals surface area contributed by atoms with Gasteiger partial charge < -0.3 is 20.5 Å². The van der Waals surface area contributed by atoms with Gasteiger partial charge in [-0.05, 0) is 75.7 Å². The van der Waals surface area contributed by atoms with E-state index in [1.54, 1.807) is 0 Å². The highest BCUT2D eigenvalue weighted by atomic mass is 35.5. The first-order valence-electron chi connectivity index (χ1n) is 10.2. The van der Waals surface area contributed by atoms with Gasteiger partial charge in [-0.25, -0.2) is 0 Å². The molecule has 0 spiro atoms. The van der Waals surface area contributed by atoms with E-state index in [1.807, 2.05) is 36.6 Å². The van der Waals surface area contributed by atoms with Crippen molar-refractivity contribution in [3.8, 4) is 11.5 Å². The Bertz CT molecular complexity index is 833. The minimum atomic E-state index is -0.395. The summed E-state index contributed by atoms with van der Waals surface area (Å²) in [5.41, 5.74) is 5.86. The molecule has 1 fully saturated rings. The number of halogens is 1. The third kappa shape index (κ3) is 4.38. The number of nitrogens with one attached hydrogen (secondary N) is 1. The van der Waals surface area contributed by atoms with Crippen molar-refractivity contribution in [2.24, 2.45) is 11.7 Å². The highest BCUT2D eigenvalue weighted by Gasteiger charge is 2.36. The van der Waals surface area contributed by atoms with Crippen LogP contribution in [0.1, 0.15) is 26.2 Å². The van der Waals surface area contributed by atoms with E-state index in [2.05, 4.69) is 17.1 Å². The molecular formula is C22H28ClN3O3. The lowest BCUT2D eigenvalue weighted by molar-refractivity contribution is -0.115. The van der Waals surface area contributed by atoms with Crippen LogP contribution in [0.2, 0.25) is 5.02 Å². The lowest BCUT2D eigenvalue weighted by Crippen LogP contribution is -2.49. The zero-order chi connectivity index (χ0) is 20.4. The molecule has 29 heavy (non-hydrogen) atoms. The molecule has 0 radical (unpaired) electrons. The molecule has 6 nitrogen and oxygen atoms in total. The third-order valence-corrected chi connectivity index (χ3v) is 6.42. The molecule has 3 aliphatic heterocycles. The van der Waals surface area contributed by atoms with Crippen molar-refractivity contribution in [3.63, 3.8) is 0 Å². The van der Waals surface area contributed by atoms with Crippen LogP contribution in [0, 0.1) is 5.92 Å². The standard InChI is InChI=1S/C22H28ClN3O3/c1-22(17(21(24)27)4-3-9-25-22)12-15-7-10-26(11-8-15)13-16-14-28-19-6-2-5-18(23)20(19)29-16/h2-6,9,15-16,25H,7-8,10-14H2,1H3,(H2,24,27). The number of benzene rings is 1. The fraction of sp³-hybridized carbons (Fsp3) is 0.500. The minimum Gasteiger partial charge on any atom is -0.486 e. The number of piperidine rings is 1. The van der Waals surface area contributed by atoms with Crippen molar-refractivity contribution in [1.82, 2.24) is 10.2 Å². The molecule has 3 heterocycles. The van der Waals surface area contributed by atoms with Gasteiger partial charge in [0.05, 0.1) is 10.6 Å². The van der Waals surface area contributed by atoms with Crippen LogP contribution in [-0.2, 0) is 4.79 Å². The molecule has 0 aliphatic carbocycles. The largest absolute Gasteiger partial charge is 0.486 e. The zero-order valence-corrected chi connectivity index (χ0v) is 17.5. The highest BCUT2D eigenvalue weighted by molar-refractivity contribution is 6.32. The highest BCUT2D eigenvalue weighted by Crippen LogP contribution is 2.38. The molecule has 1 aromatic carbocycles. The van der Waals surface area contributed by atoms with E-state index in [4.69, 9.17) is 26.8 Å². The summed E-state index contributed by atoms with van der Waals surface area (Å²) >= 11 is 6.24. The maximum atomic E-state index is 11.8. The number of nitrogens with two attached hydrogens (primary N) is 1. The molecule has 2 atom stereocenters. The molecule has 0 saturated carbocycles. The maximum Gasteiger partial charge on any atom is 0.246 e. The van der Waals surface area contributed by atoms with Crippen LogP contribution in [0.4, 0.5) is 0 Å². The molecule has 7 heteroatoms. The Hall–Kier alpha value is -2.18. The molecule has 2 unspecified atom stereocenters. The van der Waals surface area contributed by atoms with Crippen LogP contribution in [-0.4, -0.2) is 48.7 Å². The Labute approximate surface area is 176 Å². The maximum absolute atomic E-state index is 11.8. The number of dihydropyridines is 1. The van der Waals surface area contributed by atoms with Crippen molar-refractivity contribution in [2.45, 2.75) is 37.8 Å². The Morgan fingerprint density at radius 1 is 1.38 bits per heavy atom. The normalized spacial score (nSPS) is 27.2. The van der Waals surface area contributed by atoms with Gasteiger partial charge in [0.15, 0.2) is 11.5 Å². The van der Waals surface area contributed by atoms with Gasteiger partial charge in [-0.2, -0.15) is 0 Å². The molecular weight excluding hydrogens is 390 g/mol. The molecule has 1 aromatic rings. The average Bonchev–Trinajstić information content (AvgIpc) is 2.70. The molecule has 4 rings (SSSR count).